The summed E-state index contributed by atoms with van der Waals surface area (Å²) >= 11 is 0. The average molecular weight is 426 g/mol. The molecular formula is C22H23N3O4S. The molecule has 2 aromatic carbocycles. The van der Waals surface area contributed by atoms with Crippen LogP contribution in [0, 0.1) is 6.92 Å². The second-order valence-electron chi connectivity index (χ2n) is 7.03. The lowest BCUT2D eigenvalue weighted by molar-refractivity contribution is 0.0940. The predicted octanol–water partition coefficient (Wildman–Crippen LogP) is 4.12. The summed E-state index contributed by atoms with van der Waals surface area (Å²) in [6.07, 6.45) is 1.52. The van der Waals surface area contributed by atoms with Gasteiger partial charge in [0.15, 0.2) is 0 Å². The zero-order valence-electron chi connectivity index (χ0n) is 16.9. The summed E-state index contributed by atoms with van der Waals surface area (Å²) in [5.74, 6) is 0.176. The maximum atomic E-state index is 12.6. The van der Waals surface area contributed by atoms with Gasteiger partial charge in [-0.25, -0.2) is 13.4 Å². The number of rotatable bonds is 7. The molecule has 0 fully saturated rings. The Morgan fingerprint density at radius 3 is 2.47 bits per heavy atom. The van der Waals surface area contributed by atoms with Crippen LogP contribution in [0.2, 0.25) is 0 Å². The highest BCUT2D eigenvalue weighted by Crippen LogP contribution is 2.26. The normalized spacial score (nSPS) is 11.2. The van der Waals surface area contributed by atoms with Gasteiger partial charge in [-0.3, -0.25) is 9.52 Å². The van der Waals surface area contributed by atoms with Crippen molar-refractivity contribution in [3.63, 3.8) is 0 Å². The first-order chi connectivity index (χ1) is 14.2. The highest BCUT2D eigenvalue weighted by atomic mass is 32.2. The van der Waals surface area contributed by atoms with E-state index in [2.05, 4.69) is 15.0 Å². The number of nitrogens with zero attached hydrogens (tertiary/aromatic N) is 1. The number of amides is 1. The Kier molecular flexibility index (Phi) is 6.37. The van der Waals surface area contributed by atoms with Gasteiger partial charge < -0.3 is 10.1 Å². The zero-order valence-corrected chi connectivity index (χ0v) is 17.7. The Labute approximate surface area is 176 Å². The summed E-state index contributed by atoms with van der Waals surface area (Å²) in [6.45, 7) is 5.61. The highest BCUT2D eigenvalue weighted by molar-refractivity contribution is 7.92. The van der Waals surface area contributed by atoms with Crippen LogP contribution in [0.25, 0.3) is 0 Å². The van der Waals surface area contributed by atoms with Gasteiger partial charge in [0.1, 0.15) is 11.3 Å². The molecule has 0 saturated carbocycles. The molecule has 7 nitrogen and oxygen atoms in total. The minimum Gasteiger partial charge on any atom is -0.438 e. The van der Waals surface area contributed by atoms with Gasteiger partial charge in [0.25, 0.3) is 15.9 Å². The molecule has 0 saturated heterocycles. The smallest absolute Gasteiger partial charge is 0.261 e. The van der Waals surface area contributed by atoms with Gasteiger partial charge in [-0.2, -0.15) is 0 Å². The van der Waals surface area contributed by atoms with Crippen molar-refractivity contribution in [2.45, 2.75) is 31.7 Å². The van der Waals surface area contributed by atoms with E-state index in [9.17, 15) is 13.2 Å². The Balaban J connectivity index is 1.82. The van der Waals surface area contributed by atoms with Gasteiger partial charge >= 0.3 is 0 Å². The van der Waals surface area contributed by atoms with Crippen LogP contribution >= 0.6 is 0 Å². The van der Waals surface area contributed by atoms with E-state index in [1.165, 1.54) is 12.3 Å². The number of pyridine rings is 1. The number of benzene rings is 2. The first kappa shape index (κ1) is 21.3. The van der Waals surface area contributed by atoms with Gasteiger partial charge in [0.2, 0.25) is 5.88 Å². The van der Waals surface area contributed by atoms with Gasteiger partial charge in [-0.05, 0) is 57.2 Å². The first-order valence-corrected chi connectivity index (χ1v) is 10.9. The zero-order chi connectivity index (χ0) is 21.7. The number of carbonyl (C=O) groups is 1. The fraction of sp³-hybridized carbons (Fsp3) is 0.182. The molecule has 1 aromatic heterocycles. The van der Waals surface area contributed by atoms with Crippen LogP contribution in [0.4, 0.5) is 5.69 Å². The van der Waals surface area contributed by atoms with E-state index in [1.807, 2.05) is 20.8 Å². The van der Waals surface area contributed by atoms with Crippen molar-refractivity contribution in [3.8, 4) is 11.6 Å². The third-order valence-corrected chi connectivity index (χ3v) is 5.46. The minimum absolute atomic E-state index is 0.0370. The molecule has 30 heavy (non-hydrogen) atoms. The van der Waals surface area contributed by atoms with E-state index < -0.39 is 10.0 Å². The third-order valence-electron chi connectivity index (χ3n) is 4.07. The van der Waals surface area contributed by atoms with E-state index in [-0.39, 0.29) is 28.3 Å². The molecule has 0 spiro atoms. The van der Waals surface area contributed by atoms with Gasteiger partial charge in [-0.15, -0.1) is 0 Å². The van der Waals surface area contributed by atoms with Crippen molar-refractivity contribution in [3.05, 3.63) is 78.0 Å². The minimum atomic E-state index is -3.74. The third kappa shape index (κ3) is 5.36. The number of hydrogen-bond donors (Lipinski definition) is 2. The van der Waals surface area contributed by atoms with Crippen molar-refractivity contribution in [1.82, 2.24) is 10.3 Å². The fourth-order valence-electron chi connectivity index (χ4n) is 2.65. The van der Waals surface area contributed by atoms with E-state index in [1.54, 1.807) is 54.6 Å². The number of aryl methyl sites for hydroxylation is 1. The number of carbonyl (C=O) groups excluding carboxylic acids is 1. The summed E-state index contributed by atoms with van der Waals surface area (Å²) in [5, 5.41) is 2.80. The standard InChI is InChI=1S/C22H23N3O4S/c1-15(2)24-21(26)20-8-5-13-23-22(20)29-18-7-4-6-17(14-18)25-30(27,28)19-11-9-16(3)10-12-19/h4-15,25H,1-3H3,(H,24,26). The summed E-state index contributed by atoms with van der Waals surface area (Å²) in [4.78, 5) is 16.7. The van der Waals surface area contributed by atoms with E-state index in [0.717, 1.165) is 5.56 Å². The van der Waals surface area contributed by atoms with Crippen molar-refractivity contribution < 1.29 is 17.9 Å². The maximum absolute atomic E-state index is 12.6. The molecular weight excluding hydrogens is 402 g/mol. The molecule has 1 amide bonds. The number of aromatic nitrogens is 1. The molecule has 0 atom stereocenters. The van der Waals surface area contributed by atoms with Crippen LogP contribution in [0.15, 0.2) is 71.8 Å². The maximum Gasteiger partial charge on any atom is 0.261 e. The summed E-state index contributed by atoms with van der Waals surface area (Å²) in [6, 6.07) is 16.2. The predicted molar refractivity (Wildman–Crippen MR) is 115 cm³/mol. The molecule has 0 aliphatic carbocycles. The lowest BCUT2D eigenvalue weighted by atomic mass is 10.2. The van der Waals surface area contributed by atoms with Crippen molar-refractivity contribution in [2.24, 2.45) is 0 Å². The molecule has 1 heterocycles. The highest BCUT2D eigenvalue weighted by Gasteiger charge is 2.17. The SMILES string of the molecule is Cc1ccc(S(=O)(=O)Nc2cccc(Oc3ncccc3C(=O)NC(C)C)c2)cc1. The molecule has 3 rings (SSSR count). The second-order valence-corrected chi connectivity index (χ2v) is 8.72. The molecule has 0 aliphatic heterocycles. The Morgan fingerprint density at radius 2 is 1.77 bits per heavy atom. The monoisotopic (exact) mass is 425 g/mol. The van der Waals surface area contributed by atoms with Gasteiger partial charge in [0, 0.05) is 18.3 Å². The largest absolute Gasteiger partial charge is 0.438 e. The lowest BCUT2D eigenvalue weighted by Crippen LogP contribution is -2.30. The number of ether oxygens (including phenoxy) is 1. The molecule has 0 radical (unpaired) electrons. The Hall–Kier alpha value is -3.39. The van der Waals surface area contributed by atoms with Gasteiger partial charge in [0.05, 0.1) is 10.6 Å². The Bertz CT molecular complexity index is 1140. The first-order valence-electron chi connectivity index (χ1n) is 9.38. The number of nitrogens with one attached hydrogen (secondary N) is 2. The fourth-order valence-corrected chi connectivity index (χ4v) is 3.70. The summed E-state index contributed by atoms with van der Waals surface area (Å²) in [7, 11) is -3.74. The van der Waals surface area contributed by atoms with Crippen LogP contribution in [-0.4, -0.2) is 25.4 Å². The molecule has 0 aliphatic rings. The van der Waals surface area contributed by atoms with Crippen LogP contribution in [0.3, 0.4) is 0 Å². The van der Waals surface area contributed by atoms with E-state index in [4.69, 9.17) is 4.74 Å². The second kappa shape index (κ2) is 8.96. The molecule has 2 N–H and O–H groups in total. The molecule has 0 unspecified atom stereocenters. The van der Waals surface area contributed by atoms with E-state index in [0.29, 0.717) is 11.4 Å². The van der Waals surface area contributed by atoms with Crippen LogP contribution < -0.4 is 14.8 Å². The average Bonchev–Trinajstić information content (AvgIpc) is 2.68. The quantitative estimate of drug-likeness (QED) is 0.593. The van der Waals surface area contributed by atoms with Gasteiger partial charge in [-0.1, -0.05) is 23.8 Å². The number of sulfonamides is 1. The topological polar surface area (TPSA) is 97.4 Å². The van der Waals surface area contributed by atoms with Crippen molar-refractivity contribution in [1.29, 1.82) is 0 Å². The molecule has 8 heteroatoms. The Morgan fingerprint density at radius 1 is 1.03 bits per heavy atom. The van der Waals surface area contributed by atoms with Crippen LogP contribution in [-0.2, 0) is 10.0 Å². The van der Waals surface area contributed by atoms with E-state index >= 15 is 0 Å². The molecule has 156 valence electrons. The van der Waals surface area contributed by atoms with Crippen LogP contribution in [0.1, 0.15) is 29.8 Å². The molecule has 3 aromatic rings. The number of hydrogen-bond acceptors (Lipinski definition) is 5. The molecule has 0 bridgehead atoms. The van der Waals surface area contributed by atoms with Crippen LogP contribution in [0.5, 0.6) is 11.6 Å². The van der Waals surface area contributed by atoms with Crippen molar-refractivity contribution >= 4 is 21.6 Å². The van der Waals surface area contributed by atoms with Crippen molar-refractivity contribution in [2.75, 3.05) is 4.72 Å². The number of anilines is 1. The summed E-state index contributed by atoms with van der Waals surface area (Å²) < 4.78 is 33.5. The summed E-state index contributed by atoms with van der Waals surface area (Å²) in [5.41, 5.74) is 1.59. The lowest BCUT2D eigenvalue weighted by Gasteiger charge is -2.13.